The van der Waals surface area contributed by atoms with Gasteiger partial charge in [0, 0.05) is 23.4 Å². The van der Waals surface area contributed by atoms with Crippen LogP contribution in [0, 0.1) is 0 Å². The maximum absolute atomic E-state index is 12.6. The number of nitrogens with zero attached hydrogens (tertiary/aromatic N) is 4. The first-order valence-corrected chi connectivity index (χ1v) is 9.85. The number of hydrogen-bond donors (Lipinski definition) is 1. The third-order valence-electron chi connectivity index (χ3n) is 4.59. The highest BCUT2D eigenvalue weighted by Gasteiger charge is 2.10. The van der Waals surface area contributed by atoms with E-state index in [2.05, 4.69) is 31.3 Å². The molecule has 7 nitrogen and oxygen atoms in total. The molecule has 146 valence electrons. The normalized spacial score (nSPS) is 10.9. The van der Waals surface area contributed by atoms with Gasteiger partial charge in [0.05, 0.1) is 23.8 Å². The molecular formula is C21H18BrN5O2. The van der Waals surface area contributed by atoms with Crippen LogP contribution in [0.5, 0.6) is 0 Å². The van der Waals surface area contributed by atoms with Crippen molar-refractivity contribution in [2.75, 3.05) is 0 Å². The smallest absolute Gasteiger partial charge is 0.261 e. The van der Waals surface area contributed by atoms with Gasteiger partial charge >= 0.3 is 0 Å². The summed E-state index contributed by atoms with van der Waals surface area (Å²) >= 11 is 3.36. The van der Waals surface area contributed by atoms with Gasteiger partial charge in [-0.05, 0) is 35.4 Å². The van der Waals surface area contributed by atoms with Gasteiger partial charge in [-0.25, -0.2) is 4.98 Å². The van der Waals surface area contributed by atoms with E-state index in [1.165, 1.54) is 10.9 Å². The summed E-state index contributed by atoms with van der Waals surface area (Å²) in [6.07, 6.45) is 5.04. The molecule has 4 aromatic rings. The van der Waals surface area contributed by atoms with Crippen LogP contribution in [-0.2, 0) is 24.4 Å². The van der Waals surface area contributed by atoms with Crippen molar-refractivity contribution in [2.24, 2.45) is 0 Å². The molecule has 0 fully saturated rings. The monoisotopic (exact) mass is 451 g/mol. The van der Waals surface area contributed by atoms with Gasteiger partial charge in [-0.15, -0.1) is 0 Å². The van der Waals surface area contributed by atoms with E-state index in [1.54, 1.807) is 18.3 Å². The minimum Gasteiger partial charge on any atom is -0.350 e. The molecule has 0 spiro atoms. The molecule has 0 aliphatic rings. The molecule has 0 saturated heterocycles. The standard InChI is InChI=1S/C21H18BrN5O2/c22-17-6-7-19-18(10-17)21(29)26(14-24-19)13-20(28)23-11-15-4-1-2-5-16(15)12-27-9-3-8-25-27/h1-10,14H,11-13H2,(H,23,28). The average Bonchev–Trinajstić information content (AvgIpc) is 3.23. The van der Waals surface area contributed by atoms with Crippen molar-refractivity contribution in [3.05, 3.63) is 93.2 Å². The maximum Gasteiger partial charge on any atom is 0.261 e. The van der Waals surface area contributed by atoms with E-state index in [4.69, 9.17) is 0 Å². The summed E-state index contributed by atoms with van der Waals surface area (Å²) in [5.74, 6) is -0.253. The summed E-state index contributed by atoms with van der Waals surface area (Å²) in [7, 11) is 0. The van der Waals surface area contributed by atoms with Crippen LogP contribution in [0.2, 0.25) is 0 Å². The number of halogens is 1. The van der Waals surface area contributed by atoms with Gasteiger partial charge in [-0.3, -0.25) is 18.8 Å². The topological polar surface area (TPSA) is 81.8 Å². The molecule has 29 heavy (non-hydrogen) atoms. The van der Waals surface area contributed by atoms with Crippen molar-refractivity contribution in [2.45, 2.75) is 19.6 Å². The lowest BCUT2D eigenvalue weighted by atomic mass is 10.1. The zero-order chi connectivity index (χ0) is 20.2. The minimum absolute atomic E-state index is 0.0877. The molecule has 0 aliphatic carbocycles. The Morgan fingerprint density at radius 3 is 2.72 bits per heavy atom. The summed E-state index contributed by atoms with van der Waals surface area (Å²) in [5.41, 5.74) is 2.43. The van der Waals surface area contributed by atoms with Crippen molar-refractivity contribution < 1.29 is 4.79 Å². The van der Waals surface area contributed by atoms with Gasteiger partial charge in [-0.1, -0.05) is 40.2 Å². The van der Waals surface area contributed by atoms with Crippen LogP contribution in [0.1, 0.15) is 11.1 Å². The lowest BCUT2D eigenvalue weighted by Crippen LogP contribution is -2.32. The Kier molecular flexibility index (Phi) is 5.53. The van der Waals surface area contributed by atoms with Crippen LogP contribution in [0.3, 0.4) is 0 Å². The Balaban J connectivity index is 1.45. The Morgan fingerprint density at radius 2 is 1.93 bits per heavy atom. The fraction of sp³-hybridized carbons (Fsp3) is 0.143. The lowest BCUT2D eigenvalue weighted by Gasteiger charge is -2.12. The molecule has 1 N–H and O–H groups in total. The number of hydrogen-bond acceptors (Lipinski definition) is 4. The number of carbonyl (C=O) groups excluding carboxylic acids is 1. The van der Waals surface area contributed by atoms with Crippen LogP contribution in [0.25, 0.3) is 10.9 Å². The van der Waals surface area contributed by atoms with E-state index < -0.39 is 0 Å². The Labute approximate surface area is 175 Å². The molecule has 4 rings (SSSR count). The van der Waals surface area contributed by atoms with Crippen LogP contribution >= 0.6 is 15.9 Å². The zero-order valence-corrected chi connectivity index (χ0v) is 17.0. The van der Waals surface area contributed by atoms with Crippen molar-refractivity contribution >= 4 is 32.7 Å². The summed E-state index contributed by atoms with van der Waals surface area (Å²) in [5, 5.41) is 7.59. The summed E-state index contributed by atoms with van der Waals surface area (Å²) in [6, 6.07) is 15.1. The molecule has 1 amide bonds. The fourth-order valence-electron chi connectivity index (χ4n) is 3.10. The van der Waals surface area contributed by atoms with Crippen molar-refractivity contribution in [1.29, 1.82) is 0 Å². The second kappa shape index (κ2) is 8.40. The molecule has 2 heterocycles. The number of aromatic nitrogens is 4. The number of fused-ring (bicyclic) bond motifs is 1. The molecule has 0 unspecified atom stereocenters. The number of amides is 1. The van der Waals surface area contributed by atoms with Gasteiger partial charge in [0.25, 0.3) is 5.56 Å². The molecule has 2 aromatic carbocycles. The molecule has 0 radical (unpaired) electrons. The molecule has 0 saturated carbocycles. The first-order chi connectivity index (χ1) is 14.1. The van der Waals surface area contributed by atoms with E-state index >= 15 is 0 Å². The molecule has 0 aliphatic heterocycles. The average molecular weight is 452 g/mol. The maximum atomic E-state index is 12.6. The predicted octanol–water partition coefficient (Wildman–Crippen LogP) is 2.72. The number of nitrogens with one attached hydrogen (secondary N) is 1. The van der Waals surface area contributed by atoms with Crippen LogP contribution in [0.4, 0.5) is 0 Å². The summed E-state index contributed by atoms with van der Waals surface area (Å²) in [4.78, 5) is 29.3. The van der Waals surface area contributed by atoms with E-state index in [1.807, 2.05) is 47.3 Å². The highest BCUT2D eigenvalue weighted by molar-refractivity contribution is 9.10. The third-order valence-corrected chi connectivity index (χ3v) is 5.08. The van der Waals surface area contributed by atoms with Gasteiger partial charge in [0.1, 0.15) is 6.54 Å². The molecular weight excluding hydrogens is 434 g/mol. The SMILES string of the molecule is O=C(Cn1cnc2ccc(Br)cc2c1=O)NCc1ccccc1Cn1cccn1. The minimum atomic E-state index is -0.253. The predicted molar refractivity (Wildman–Crippen MR) is 113 cm³/mol. The molecule has 0 atom stereocenters. The van der Waals surface area contributed by atoms with Crippen molar-refractivity contribution in [3.63, 3.8) is 0 Å². The van der Waals surface area contributed by atoms with E-state index in [-0.39, 0.29) is 18.0 Å². The second-order valence-electron chi connectivity index (χ2n) is 6.59. The second-order valence-corrected chi connectivity index (χ2v) is 7.50. The van der Waals surface area contributed by atoms with Crippen LogP contribution in [0.15, 0.2) is 76.5 Å². The summed E-state index contributed by atoms with van der Waals surface area (Å²) in [6.45, 7) is 0.912. The highest BCUT2D eigenvalue weighted by atomic mass is 79.9. The highest BCUT2D eigenvalue weighted by Crippen LogP contribution is 2.15. The number of benzene rings is 2. The quantitative estimate of drug-likeness (QED) is 0.488. The van der Waals surface area contributed by atoms with Crippen molar-refractivity contribution in [3.8, 4) is 0 Å². The summed E-state index contributed by atoms with van der Waals surface area (Å²) < 4.78 is 3.94. The van der Waals surface area contributed by atoms with E-state index in [0.29, 0.717) is 24.0 Å². The van der Waals surface area contributed by atoms with Gasteiger partial charge in [-0.2, -0.15) is 5.10 Å². The van der Waals surface area contributed by atoms with Gasteiger partial charge in [0.15, 0.2) is 0 Å². The number of rotatable bonds is 6. The van der Waals surface area contributed by atoms with E-state index in [9.17, 15) is 9.59 Å². The number of carbonyl (C=O) groups is 1. The first kappa shape index (κ1) is 19.1. The zero-order valence-electron chi connectivity index (χ0n) is 15.5. The molecule has 0 bridgehead atoms. The third kappa shape index (κ3) is 4.43. The van der Waals surface area contributed by atoms with Crippen LogP contribution in [-0.4, -0.2) is 25.2 Å². The lowest BCUT2D eigenvalue weighted by molar-refractivity contribution is -0.121. The Hall–Kier alpha value is -3.26. The largest absolute Gasteiger partial charge is 0.350 e. The molecule has 8 heteroatoms. The Bertz CT molecular complexity index is 1220. The fourth-order valence-corrected chi connectivity index (χ4v) is 3.46. The van der Waals surface area contributed by atoms with Crippen molar-refractivity contribution in [1.82, 2.24) is 24.6 Å². The first-order valence-electron chi connectivity index (χ1n) is 9.06. The van der Waals surface area contributed by atoms with E-state index in [0.717, 1.165) is 15.6 Å². The molecule has 2 aromatic heterocycles. The Morgan fingerprint density at radius 1 is 1.10 bits per heavy atom. The van der Waals surface area contributed by atoms with Crippen LogP contribution < -0.4 is 10.9 Å². The van der Waals surface area contributed by atoms with Gasteiger partial charge < -0.3 is 5.32 Å². The van der Waals surface area contributed by atoms with Gasteiger partial charge in [0.2, 0.25) is 5.91 Å².